The summed E-state index contributed by atoms with van der Waals surface area (Å²) in [6, 6.07) is 0.133. The van der Waals surface area contributed by atoms with E-state index < -0.39 is 29.7 Å². The van der Waals surface area contributed by atoms with Crippen LogP contribution in [0.3, 0.4) is 0 Å². The molecular weight excluding hydrogens is 383 g/mol. The molecule has 0 spiro atoms. The van der Waals surface area contributed by atoms with Crippen molar-refractivity contribution in [1.82, 2.24) is 4.98 Å². The fourth-order valence-corrected chi connectivity index (χ4v) is 1.80. The summed E-state index contributed by atoms with van der Waals surface area (Å²) < 4.78 is 80.9. The summed E-state index contributed by atoms with van der Waals surface area (Å²) in [5, 5.41) is 0. The van der Waals surface area contributed by atoms with Crippen molar-refractivity contribution in [3.63, 3.8) is 0 Å². The van der Waals surface area contributed by atoms with Gasteiger partial charge in [-0.1, -0.05) is 0 Å². The van der Waals surface area contributed by atoms with Gasteiger partial charge < -0.3 is 9.47 Å². The summed E-state index contributed by atoms with van der Waals surface area (Å²) in [7, 11) is 0.957. The van der Waals surface area contributed by atoms with Gasteiger partial charge in [-0.25, -0.2) is 4.98 Å². The van der Waals surface area contributed by atoms with Gasteiger partial charge in [0.25, 0.3) is 0 Å². The number of halogens is 7. The molecule has 18 heavy (non-hydrogen) atoms. The summed E-state index contributed by atoms with van der Waals surface area (Å²) in [6.07, 6.45) is -9.99. The second-order valence-corrected chi connectivity index (χ2v) is 3.90. The molecule has 0 bridgehead atoms. The Bertz CT molecular complexity index is 444. The molecule has 0 amide bonds. The fraction of sp³-hybridized carbons (Fsp3) is 0.375. The van der Waals surface area contributed by atoms with Crippen molar-refractivity contribution in [2.45, 2.75) is 12.5 Å². The molecule has 0 N–H and O–H groups in total. The van der Waals surface area contributed by atoms with Gasteiger partial charge in [0, 0.05) is 6.07 Å². The Kier molecular flexibility index (Phi) is 4.18. The lowest BCUT2D eigenvalue weighted by Crippen LogP contribution is -2.19. The minimum atomic E-state index is -5.12. The molecule has 102 valence electrons. The van der Waals surface area contributed by atoms with Crippen molar-refractivity contribution in [3.8, 4) is 11.6 Å². The topological polar surface area (TPSA) is 31.4 Å². The molecule has 0 aliphatic rings. The number of methoxy groups -OCH3 is 1. The van der Waals surface area contributed by atoms with Crippen molar-refractivity contribution in [1.29, 1.82) is 0 Å². The molecule has 10 heteroatoms. The van der Waals surface area contributed by atoms with E-state index in [0.29, 0.717) is 0 Å². The predicted octanol–water partition coefficient (Wildman–Crippen LogP) is 3.61. The van der Waals surface area contributed by atoms with Crippen LogP contribution < -0.4 is 9.47 Å². The summed E-state index contributed by atoms with van der Waals surface area (Å²) in [5.74, 6) is -1.85. The zero-order chi connectivity index (χ0) is 14.1. The first-order valence-corrected chi connectivity index (χ1v) is 5.20. The number of nitrogens with zero attached hydrogens (tertiary/aromatic N) is 1. The van der Waals surface area contributed by atoms with Crippen LogP contribution in [0.1, 0.15) is 5.56 Å². The van der Waals surface area contributed by atoms with Crippen molar-refractivity contribution in [2.24, 2.45) is 0 Å². The van der Waals surface area contributed by atoms with Gasteiger partial charge in [0.2, 0.25) is 5.88 Å². The summed E-state index contributed by atoms with van der Waals surface area (Å²) >= 11 is 1.32. The molecule has 0 saturated carbocycles. The molecule has 0 aliphatic carbocycles. The number of ether oxygens (including phenoxy) is 2. The largest absolute Gasteiger partial charge is 0.574 e. The zero-order valence-corrected chi connectivity index (χ0v) is 10.6. The standard InChI is InChI=1S/C8H4F6INO2/c1-17-5-3(7(9,10)11)2-4(16-6(5)15)18-8(12,13)14/h2H,1H3. The Morgan fingerprint density at radius 3 is 2.11 bits per heavy atom. The first-order chi connectivity index (χ1) is 8.04. The first-order valence-electron chi connectivity index (χ1n) is 4.12. The van der Waals surface area contributed by atoms with Crippen LogP contribution >= 0.6 is 22.6 Å². The number of pyridine rings is 1. The average Bonchev–Trinajstić information content (AvgIpc) is 2.12. The highest BCUT2D eigenvalue weighted by atomic mass is 127. The molecule has 0 atom stereocenters. The highest BCUT2D eigenvalue weighted by Crippen LogP contribution is 2.40. The number of alkyl halides is 6. The maximum absolute atomic E-state index is 12.6. The lowest BCUT2D eigenvalue weighted by molar-refractivity contribution is -0.276. The van der Waals surface area contributed by atoms with Gasteiger partial charge in [0.1, 0.15) is 9.26 Å². The number of hydrogen-bond donors (Lipinski definition) is 0. The van der Waals surface area contributed by atoms with E-state index in [-0.39, 0.29) is 9.77 Å². The smallest absolute Gasteiger partial charge is 0.493 e. The molecule has 0 aromatic carbocycles. The maximum Gasteiger partial charge on any atom is 0.574 e. The quantitative estimate of drug-likeness (QED) is 0.442. The fourth-order valence-electron chi connectivity index (χ4n) is 1.06. The minimum absolute atomic E-state index is 0.133. The highest BCUT2D eigenvalue weighted by Gasteiger charge is 2.38. The van der Waals surface area contributed by atoms with Gasteiger partial charge in [-0.3, -0.25) is 0 Å². The van der Waals surface area contributed by atoms with Gasteiger partial charge in [-0.15, -0.1) is 13.2 Å². The normalized spacial score (nSPS) is 12.4. The first kappa shape index (κ1) is 15.1. The number of hydrogen-bond acceptors (Lipinski definition) is 3. The third kappa shape index (κ3) is 3.78. The number of rotatable bonds is 2. The summed E-state index contributed by atoms with van der Waals surface area (Å²) in [4.78, 5) is 3.22. The van der Waals surface area contributed by atoms with Crippen molar-refractivity contribution in [3.05, 3.63) is 15.3 Å². The summed E-state index contributed by atoms with van der Waals surface area (Å²) in [6.45, 7) is 0. The average molecular weight is 387 g/mol. The van der Waals surface area contributed by atoms with E-state index in [9.17, 15) is 26.3 Å². The van der Waals surface area contributed by atoms with Gasteiger partial charge >= 0.3 is 12.5 Å². The van der Waals surface area contributed by atoms with Gasteiger partial charge in [-0.05, 0) is 22.6 Å². The van der Waals surface area contributed by atoms with E-state index in [1.165, 1.54) is 22.6 Å². The van der Waals surface area contributed by atoms with Crippen LogP contribution in [0.25, 0.3) is 0 Å². The second-order valence-electron chi connectivity index (χ2n) is 2.88. The van der Waals surface area contributed by atoms with Crippen LogP contribution in [0.5, 0.6) is 11.6 Å². The third-order valence-electron chi connectivity index (χ3n) is 1.64. The molecule has 1 aromatic heterocycles. The Labute approximate surface area is 110 Å². The van der Waals surface area contributed by atoms with Crippen molar-refractivity contribution in [2.75, 3.05) is 7.11 Å². The lowest BCUT2D eigenvalue weighted by atomic mass is 10.2. The monoisotopic (exact) mass is 387 g/mol. The Morgan fingerprint density at radius 2 is 1.72 bits per heavy atom. The van der Waals surface area contributed by atoms with E-state index >= 15 is 0 Å². The zero-order valence-electron chi connectivity index (χ0n) is 8.49. The highest BCUT2D eigenvalue weighted by molar-refractivity contribution is 14.1. The van der Waals surface area contributed by atoms with Crippen LogP contribution in [0, 0.1) is 3.70 Å². The molecule has 0 radical (unpaired) electrons. The maximum atomic E-state index is 12.6. The van der Waals surface area contributed by atoms with Crippen molar-refractivity contribution >= 4 is 22.6 Å². The Hall–Kier alpha value is -0.940. The minimum Gasteiger partial charge on any atom is -0.493 e. The van der Waals surface area contributed by atoms with E-state index in [4.69, 9.17) is 0 Å². The Morgan fingerprint density at radius 1 is 1.17 bits per heavy atom. The van der Waals surface area contributed by atoms with Crippen LogP contribution in [0.2, 0.25) is 0 Å². The van der Waals surface area contributed by atoms with Gasteiger partial charge in [0.15, 0.2) is 5.75 Å². The van der Waals surface area contributed by atoms with E-state index in [1.54, 1.807) is 0 Å². The van der Waals surface area contributed by atoms with Gasteiger partial charge in [0.05, 0.1) is 7.11 Å². The molecule has 3 nitrogen and oxygen atoms in total. The SMILES string of the molecule is COc1c(C(F)(F)F)cc(OC(F)(F)F)nc1I. The molecule has 0 saturated heterocycles. The predicted molar refractivity (Wildman–Crippen MR) is 55.2 cm³/mol. The molecule has 0 fully saturated rings. The molecular formula is C8H4F6INO2. The van der Waals surface area contributed by atoms with E-state index in [2.05, 4.69) is 14.5 Å². The molecule has 1 aromatic rings. The van der Waals surface area contributed by atoms with E-state index in [0.717, 1.165) is 7.11 Å². The number of aromatic nitrogens is 1. The molecule has 1 rings (SSSR count). The van der Waals surface area contributed by atoms with E-state index in [1.807, 2.05) is 0 Å². The van der Waals surface area contributed by atoms with Gasteiger partial charge in [-0.2, -0.15) is 13.2 Å². The third-order valence-corrected chi connectivity index (χ3v) is 2.37. The molecule has 0 unspecified atom stereocenters. The summed E-state index contributed by atoms with van der Waals surface area (Å²) in [5.41, 5.74) is -1.39. The van der Waals surface area contributed by atoms with Crippen LogP contribution in [0.4, 0.5) is 26.3 Å². The van der Waals surface area contributed by atoms with Crippen LogP contribution in [-0.2, 0) is 6.18 Å². The second kappa shape index (κ2) is 4.97. The van der Waals surface area contributed by atoms with Crippen LogP contribution in [0.15, 0.2) is 6.07 Å². The molecule has 0 aliphatic heterocycles. The Balaban J connectivity index is 3.31. The van der Waals surface area contributed by atoms with Crippen molar-refractivity contribution < 1.29 is 35.8 Å². The lowest BCUT2D eigenvalue weighted by Gasteiger charge is -2.15. The van der Waals surface area contributed by atoms with Crippen LogP contribution in [-0.4, -0.2) is 18.5 Å². The molecule has 1 heterocycles.